The quantitative estimate of drug-likeness (QED) is 0.569. The van der Waals surface area contributed by atoms with Crippen LogP contribution in [0, 0.1) is 0 Å². The van der Waals surface area contributed by atoms with Crippen LogP contribution in [0.1, 0.15) is 13.8 Å². The van der Waals surface area contributed by atoms with Crippen LogP contribution in [0.5, 0.6) is 0 Å². The molecule has 0 aliphatic heterocycles. The number of rotatable bonds is 4. The first-order valence-corrected chi connectivity index (χ1v) is 5.00. The summed E-state index contributed by atoms with van der Waals surface area (Å²) in [5, 5.41) is 0. The van der Waals surface area contributed by atoms with E-state index >= 15 is 0 Å². The van der Waals surface area contributed by atoms with Gasteiger partial charge in [-0.25, -0.2) is 0 Å². The van der Waals surface area contributed by atoms with Crippen molar-refractivity contribution in [2.75, 3.05) is 0 Å². The highest BCUT2D eigenvalue weighted by atomic mass is 19.4. The molecule has 0 aromatic rings. The molecule has 14 heteroatoms. The highest BCUT2D eigenvalue weighted by Gasteiger charge is 2.90. The molecule has 0 saturated carbocycles. The summed E-state index contributed by atoms with van der Waals surface area (Å²) >= 11 is 0. The molecule has 22 heavy (non-hydrogen) atoms. The molecule has 0 radical (unpaired) electrons. The topological polar surface area (TPSA) is 26.0 Å². The lowest BCUT2D eigenvalue weighted by molar-refractivity contribution is -0.439. The minimum absolute atomic E-state index is 2.00. The minimum atomic E-state index is -7.88. The molecule has 0 atom stereocenters. The summed E-state index contributed by atoms with van der Waals surface area (Å²) in [6.45, 7) is 4.00. The largest absolute Gasteiger partial charge is 0.460 e. The predicted octanol–water partition coefficient (Wildman–Crippen LogP) is 4.67. The average molecular weight is 365 g/mol. The third-order valence-electron chi connectivity index (χ3n) is 1.96. The van der Waals surface area contributed by atoms with Crippen molar-refractivity contribution in [3.8, 4) is 0 Å². The molecule has 0 aromatic heterocycles. The van der Waals surface area contributed by atoms with Gasteiger partial charge in [0.25, 0.3) is 0 Å². The molecular formula is C8H8F13N. The van der Waals surface area contributed by atoms with Crippen LogP contribution in [0.3, 0.4) is 0 Å². The van der Waals surface area contributed by atoms with Gasteiger partial charge in [0, 0.05) is 0 Å². The minimum Gasteiger partial charge on any atom is -0.267 e. The van der Waals surface area contributed by atoms with Gasteiger partial charge in [-0.3, -0.25) is 5.73 Å². The fraction of sp³-hybridized carbons (Fsp3) is 1.00. The molecule has 0 aromatic carbocycles. The third-order valence-corrected chi connectivity index (χ3v) is 1.96. The molecule has 136 valence electrons. The van der Waals surface area contributed by atoms with Crippen molar-refractivity contribution >= 4 is 0 Å². The number of nitrogens with two attached hydrogens (primary N) is 1. The Morgan fingerprint density at radius 3 is 0.864 bits per heavy atom. The predicted molar refractivity (Wildman–Crippen MR) is 46.3 cm³/mol. The van der Waals surface area contributed by atoms with Gasteiger partial charge in [-0.1, -0.05) is 13.8 Å². The highest BCUT2D eigenvalue weighted by Crippen LogP contribution is 2.59. The summed E-state index contributed by atoms with van der Waals surface area (Å²) in [7, 11) is 0. The number of alkyl halides is 13. The number of halogens is 13. The Balaban J connectivity index is 0. The van der Waals surface area contributed by atoms with Crippen LogP contribution in [-0.2, 0) is 0 Å². The molecule has 0 fully saturated rings. The summed E-state index contributed by atoms with van der Waals surface area (Å²) in [5.41, 5.74) is 3.13. The van der Waals surface area contributed by atoms with E-state index < -0.39 is 35.9 Å². The van der Waals surface area contributed by atoms with Gasteiger partial charge in [0.15, 0.2) is 0 Å². The molecule has 0 amide bonds. The Kier molecular flexibility index (Phi) is 6.28. The molecule has 1 nitrogen and oxygen atoms in total. The van der Waals surface area contributed by atoms with E-state index in [-0.39, 0.29) is 0 Å². The van der Waals surface area contributed by atoms with Gasteiger partial charge in [-0.05, 0) is 0 Å². The van der Waals surface area contributed by atoms with E-state index in [0.29, 0.717) is 0 Å². The molecule has 0 spiro atoms. The van der Waals surface area contributed by atoms with E-state index in [1.54, 1.807) is 0 Å². The van der Waals surface area contributed by atoms with Crippen LogP contribution in [0.2, 0.25) is 0 Å². The maximum absolute atomic E-state index is 12.5. The van der Waals surface area contributed by atoms with Gasteiger partial charge in [0.1, 0.15) is 0 Å². The Labute approximate surface area is 114 Å². The Morgan fingerprint density at radius 2 is 0.682 bits per heavy atom. The molecule has 0 aliphatic carbocycles. The lowest BCUT2D eigenvalue weighted by Gasteiger charge is -2.38. The fourth-order valence-electron chi connectivity index (χ4n) is 0.782. The zero-order valence-corrected chi connectivity index (χ0v) is 10.5. The van der Waals surface area contributed by atoms with Crippen molar-refractivity contribution in [3.63, 3.8) is 0 Å². The maximum Gasteiger partial charge on any atom is 0.460 e. The second-order valence-corrected chi connectivity index (χ2v) is 3.42. The van der Waals surface area contributed by atoms with Gasteiger partial charge in [-0.15, -0.1) is 0 Å². The van der Waals surface area contributed by atoms with E-state index in [0.717, 1.165) is 0 Å². The van der Waals surface area contributed by atoms with Crippen LogP contribution in [0.25, 0.3) is 0 Å². The van der Waals surface area contributed by atoms with Crippen molar-refractivity contribution in [2.24, 2.45) is 5.73 Å². The SMILES string of the molecule is CC.NC(F)(F)C(F)(F)C(F)(F)C(F)(F)C(F)(F)C(F)(F)F. The van der Waals surface area contributed by atoms with Crippen molar-refractivity contribution < 1.29 is 57.1 Å². The summed E-state index contributed by atoms with van der Waals surface area (Å²) in [6.07, 6.45) is -7.40. The van der Waals surface area contributed by atoms with Gasteiger partial charge in [-0.2, -0.15) is 57.1 Å². The smallest absolute Gasteiger partial charge is 0.267 e. The molecule has 0 heterocycles. The normalized spacial score (nSPS) is 15.3. The maximum atomic E-state index is 12.5. The number of hydrogen-bond donors (Lipinski definition) is 1. The van der Waals surface area contributed by atoms with Crippen molar-refractivity contribution in [1.29, 1.82) is 0 Å². The van der Waals surface area contributed by atoms with Crippen molar-refractivity contribution in [1.82, 2.24) is 0 Å². The second kappa shape index (κ2) is 5.92. The van der Waals surface area contributed by atoms with Gasteiger partial charge in [0.2, 0.25) is 0 Å². The van der Waals surface area contributed by atoms with E-state index in [1.165, 1.54) is 0 Å². The van der Waals surface area contributed by atoms with E-state index in [1.807, 2.05) is 13.8 Å². The molecule has 0 unspecified atom stereocenters. The zero-order valence-electron chi connectivity index (χ0n) is 10.5. The zero-order chi connectivity index (χ0) is 19.0. The van der Waals surface area contributed by atoms with Crippen LogP contribution >= 0.6 is 0 Å². The van der Waals surface area contributed by atoms with Crippen LogP contribution in [0.15, 0.2) is 0 Å². The molecule has 0 bridgehead atoms. The molecule has 0 rings (SSSR count). The lowest BCUT2D eigenvalue weighted by Crippen LogP contribution is -2.71. The van der Waals surface area contributed by atoms with Crippen LogP contribution in [0.4, 0.5) is 57.1 Å². The second-order valence-electron chi connectivity index (χ2n) is 3.42. The lowest BCUT2D eigenvalue weighted by atomic mass is 9.97. The Hall–Kier alpha value is -0.950. The van der Waals surface area contributed by atoms with Crippen molar-refractivity contribution in [3.05, 3.63) is 0 Å². The Morgan fingerprint density at radius 1 is 0.455 bits per heavy atom. The van der Waals surface area contributed by atoms with Crippen LogP contribution < -0.4 is 5.73 Å². The van der Waals surface area contributed by atoms with Crippen LogP contribution in [-0.4, -0.2) is 35.9 Å². The summed E-state index contributed by atoms with van der Waals surface area (Å²) in [4.78, 5) is 0. The Bertz CT molecular complexity index is 327. The average Bonchev–Trinajstić information content (AvgIpc) is 2.27. The molecule has 0 saturated heterocycles. The number of hydrogen-bond acceptors (Lipinski definition) is 1. The molecular weight excluding hydrogens is 357 g/mol. The van der Waals surface area contributed by atoms with E-state index in [2.05, 4.69) is 5.73 Å². The summed E-state index contributed by atoms with van der Waals surface area (Å²) in [5.74, 6) is -30.8. The van der Waals surface area contributed by atoms with E-state index in [9.17, 15) is 57.1 Å². The van der Waals surface area contributed by atoms with Gasteiger partial charge >= 0.3 is 35.9 Å². The van der Waals surface area contributed by atoms with Crippen molar-refractivity contribution in [2.45, 2.75) is 49.8 Å². The molecule has 0 aliphatic rings. The first-order chi connectivity index (χ1) is 9.25. The highest BCUT2D eigenvalue weighted by molar-refractivity contribution is 5.08. The summed E-state index contributed by atoms with van der Waals surface area (Å²) in [6, 6.07) is -6.48. The fourth-order valence-corrected chi connectivity index (χ4v) is 0.782. The summed E-state index contributed by atoms with van der Waals surface area (Å²) < 4.78 is 157. The third kappa shape index (κ3) is 3.20. The van der Waals surface area contributed by atoms with Gasteiger partial charge < -0.3 is 0 Å². The first kappa shape index (κ1) is 23.3. The first-order valence-electron chi connectivity index (χ1n) is 5.00. The van der Waals surface area contributed by atoms with E-state index in [4.69, 9.17) is 0 Å². The monoisotopic (exact) mass is 365 g/mol. The standard InChI is InChI=1S/C6H2F13N.C2H6/c7-1(8,3(11,12)5(15,16)17)2(9,10)4(13,14)6(18,19)20;1-2/h20H2;1-2H3. The molecule has 2 N–H and O–H groups in total. The van der Waals surface area contributed by atoms with Gasteiger partial charge in [0.05, 0.1) is 0 Å².